The van der Waals surface area contributed by atoms with Crippen molar-refractivity contribution < 1.29 is 17.9 Å². The predicted octanol–water partition coefficient (Wildman–Crippen LogP) is 1.10. The van der Waals surface area contributed by atoms with Crippen LogP contribution in [0, 0.1) is 0 Å². The number of nitrogens with two attached hydrogens (primary N) is 1. The van der Waals surface area contributed by atoms with E-state index >= 15 is 0 Å². The maximum Gasteiger partial charge on any atom is 0.260 e. The molecule has 0 atom stereocenters. The van der Waals surface area contributed by atoms with Crippen molar-refractivity contribution in [3.8, 4) is 5.75 Å². The number of hydrogen-bond acceptors (Lipinski definition) is 4. The highest BCUT2D eigenvalue weighted by atomic mass is 79.9. The van der Waals surface area contributed by atoms with Gasteiger partial charge in [0.2, 0.25) is 10.0 Å². The van der Waals surface area contributed by atoms with Crippen LogP contribution in [-0.4, -0.2) is 38.9 Å². The van der Waals surface area contributed by atoms with Crippen molar-refractivity contribution in [2.75, 3.05) is 13.7 Å². The van der Waals surface area contributed by atoms with Crippen LogP contribution >= 0.6 is 15.9 Å². The van der Waals surface area contributed by atoms with Gasteiger partial charge < -0.3 is 9.64 Å². The lowest BCUT2D eigenvalue weighted by atomic mass is 10.3. The number of halogens is 1. The third-order valence-electron chi connectivity index (χ3n) is 3.05. The third kappa shape index (κ3) is 3.71. The molecule has 1 aliphatic carbocycles. The van der Waals surface area contributed by atoms with Gasteiger partial charge in [-0.1, -0.05) is 15.9 Å². The van der Waals surface area contributed by atoms with Crippen LogP contribution in [0.2, 0.25) is 0 Å². The number of carbonyl (C=O) groups is 1. The average Bonchev–Trinajstić information content (AvgIpc) is 3.19. The molecule has 1 amide bonds. The lowest BCUT2D eigenvalue weighted by molar-refractivity contribution is -0.132. The minimum absolute atomic E-state index is 0.0771. The van der Waals surface area contributed by atoms with Gasteiger partial charge in [-0.15, -0.1) is 0 Å². The summed E-state index contributed by atoms with van der Waals surface area (Å²) in [6, 6.07) is 4.72. The number of amides is 1. The smallest absolute Gasteiger partial charge is 0.260 e. The number of primary sulfonamides is 1. The average molecular weight is 363 g/mol. The first-order valence-corrected chi connectivity index (χ1v) is 8.34. The van der Waals surface area contributed by atoms with Crippen LogP contribution in [0.1, 0.15) is 12.8 Å². The van der Waals surface area contributed by atoms with E-state index in [2.05, 4.69) is 15.9 Å². The zero-order valence-electron chi connectivity index (χ0n) is 10.9. The lowest BCUT2D eigenvalue weighted by Gasteiger charge is -2.17. The van der Waals surface area contributed by atoms with Crippen LogP contribution < -0.4 is 9.88 Å². The Morgan fingerprint density at radius 1 is 1.50 bits per heavy atom. The quantitative estimate of drug-likeness (QED) is 0.848. The molecule has 0 saturated heterocycles. The molecule has 2 N–H and O–H groups in total. The van der Waals surface area contributed by atoms with E-state index in [-0.39, 0.29) is 29.2 Å². The van der Waals surface area contributed by atoms with Gasteiger partial charge in [-0.25, -0.2) is 13.6 Å². The van der Waals surface area contributed by atoms with Gasteiger partial charge in [-0.05, 0) is 31.0 Å². The van der Waals surface area contributed by atoms with Crippen molar-refractivity contribution in [1.29, 1.82) is 0 Å². The molecule has 0 radical (unpaired) electrons. The second kappa shape index (κ2) is 5.71. The summed E-state index contributed by atoms with van der Waals surface area (Å²) in [4.78, 5) is 13.3. The Labute approximate surface area is 126 Å². The summed E-state index contributed by atoms with van der Waals surface area (Å²) < 4.78 is 28.8. The monoisotopic (exact) mass is 362 g/mol. The molecule has 8 heteroatoms. The number of sulfonamides is 1. The molecule has 1 aromatic rings. The summed E-state index contributed by atoms with van der Waals surface area (Å²) in [6.07, 6.45) is 2.01. The third-order valence-corrected chi connectivity index (χ3v) is 4.48. The molecule has 20 heavy (non-hydrogen) atoms. The van der Waals surface area contributed by atoms with E-state index in [1.54, 1.807) is 18.0 Å². The summed E-state index contributed by atoms with van der Waals surface area (Å²) in [6.45, 7) is -0.211. The summed E-state index contributed by atoms with van der Waals surface area (Å²) >= 11 is 3.17. The Morgan fingerprint density at radius 3 is 2.70 bits per heavy atom. The molecular weight excluding hydrogens is 348 g/mol. The maximum absolute atomic E-state index is 11.8. The second-order valence-corrected chi connectivity index (χ2v) is 7.11. The Bertz CT molecular complexity index is 628. The molecule has 1 saturated carbocycles. The zero-order chi connectivity index (χ0) is 14.9. The van der Waals surface area contributed by atoms with Gasteiger partial charge in [-0.3, -0.25) is 4.79 Å². The fourth-order valence-electron chi connectivity index (χ4n) is 1.73. The first-order valence-electron chi connectivity index (χ1n) is 6.00. The van der Waals surface area contributed by atoms with Gasteiger partial charge in [-0.2, -0.15) is 0 Å². The molecule has 2 rings (SSSR count). The van der Waals surface area contributed by atoms with E-state index in [4.69, 9.17) is 9.88 Å². The molecule has 0 aliphatic heterocycles. The Hall–Kier alpha value is -1.12. The number of likely N-dealkylation sites (N-methyl/N-ethyl adjacent to an activating group) is 1. The number of nitrogens with zero attached hydrogens (tertiary/aromatic N) is 1. The molecule has 0 spiro atoms. The van der Waals surface area contributed by atoms with Crippen molar-refractivity contribution in [2.45, 2.75) is 23.8 Å². The van der Waals surface area contributed by atoms with Crippen LogP contribution in [-0.2, 0) is 14.8 Å². The minimum Gasteiger partial charge on any atom is -0.482 e. The molecule has 0 aromatic heterocycles. The Morgan fingerprint density at radius 2 is 2.15 bits per heavy atom. The molecule has 1 aromatic carbocycles. The minimum atomic E-state index is -3.91. The van der Waals surface area contributed by atoms with Crippen LogP contribution in [0.5, 0.6) is 5.75 Å². The number of benzene rings is 1. The summed E-state index contributed by atoms with van der Waals surface area (Å²) in [7, 11) is -2.19. The van der Waals surface area contributed by atoms with E-state index < -0.39 is 10.0 Å². The molecular formula is C12H15BrN2O4S. The van der Waals surface area contributed by atoms with Crippen LogP contribution in [0.4, 0.5) is 0 Å². The normalized spacial score (nSPS) is 14.9. The topological polar surface area (TPSA) is 89.7 Å². The summed E-state index contributed by atoms with van der Waals surface area (Å²) in [5.41, 5.74) is 0. The number of hydrogen-bond donors (Lipinski definition) is 1. The van der Waals surface area contributed by atoms with Crippen LogP contribution in [0.15, 0.2) is 27.6 Å². The second-order valence-electron chi connectivity index (χ2n) is 4.66. The zero-order valence-corrected chi connectivity index (χ0v) is 13.3. The Balaban J connectivity index is 2.11. The van der Waals surface area contributed by atoms with Gasteiger partial charge >= 0.3 is 0 Å². The SMILES string of the molecule is CN(C(=O)COc1ccc(Br)cc1S(N)(=O)=O)C1CC1. The van der Waals surface area contributed by atoms with Gasteiger partial charge in [0.25, 0.3) is 5.91 Å². The fraction of sp³-hybridized carbons (Fsp3) is 0.417. The van der Waals surface area contributed by atoms with Gasteiger partial charge in [0.15, 0.2) is 6.61 Å². The predicted molar refractivity (Wildman–Crippen MR) is 76.8 cm³/mol. The van der Waals surface area contributed by atoms with Crippen molar-refractivity contribution in [1.82, 2.24) is 4.90 Å². The van der Waals surface area contributed by atoms with Gasteiger partial charge in [0, 0.05) is 17.6 Å². The molecule has 0 heterocycles. The first-order chi connectivity index (χ1) is 9.29. The van der Waals surface area contributed by atoms with E-state index in [0.29, 0.717) is 4.47 Å². The Kier molecular flexibility index (Phi) is 4.36. The van der Waals surface area contributed by atoms with E-state index in [9.17, 15) is 13.2 Å². The highest BCUT2D eigenvalue weighted by Crippen LogP contribution is 2.28. The lowest BCUT2D eigenvalue weighted by Crippen LogP contribution is -2.33. The molecule has 0 unspecified atom stereocenters. The summed E-state index contributed by atoms with van der Waals surface area (Å²) in [5, 5.41) is 5.13. The van der Waals surface area contributed by atoms with Gasteiger partial charge in [0.1, 0.15) is 10.6 Å². The fourth-order valence-corrected chi connectivity index (χ4v) is 2.94. The summed E-state index contributed by atoms with van der Waals surface area (Å²) in [5.74, 6) is -0.107. The largest absolute Gasteiger partial charge is 0.482 e. The molecule has 6 nitrogen and oxygen atoms in total. The van der Waals surface area contributed by atoms with Gasteiger partial charge in [0.05, 0.1) is 0 Å². The standard InChI is InChI=1S/C12H15BrN2O4S/c1-15(9-3-4-9)12(16)7-19-10-5-2-8(13)6-11(10)20(14,17)18/h2,5-6,9H,3-4,7H2,1H3,(H2,14,17,18). The number of ether oxygens (including phenoxy) is 1. The van der Waals surface area contributed by atoms with Crippen molar-refractivity contribution in [2.24, 2.45) is 5.14 Å². The molecule has 0 bridgehead atoms. The highest BCUT2D eigenvalue weighted by Gasteiger charge is 2.29. The van der Waals surface area contributed by atoms with Crippen LogP contribution in [0.3, 0.4) is 0 Å². The molecule has 1 aliphatic rings. The number of rotatable bonds is 5. The van der Waals surface area contributed by atoms with E-state index in [0.717, 1.165) is 12.8 Å². The molecule has 1 fully saturated rings. The van der Waals surface area contributed by atoms with Crippen LogP contribution in [0.25, 0.3) is 0 Å². The number of carbonyl (C=O) groups excluding carboxylic acids is 1. The van der Waals surface area contributed by atoms with Crippen molar-refractivity contribution >= 4 is 31.9 Å². The van der Waals surface area contributed by atoms with Crippen molar-refractivity contribution in [3.63, 3.8) is 0 Å². The first kappa shape index (κ1) is 15.3. The molecule has 110 valence electrons. The maximum atomic E-state index is 11.8. The van der Waals surface area contributed by atoms with Crippen molar-refractivity contribution in [3.05, 3.63) is 22.7 Å². The highest BCUT2D eigenvalue weighted by molar-refractivity contribution is 9.10. The van der Waals surface area contributed by atoms with E-state index in [1.165, 1.54) is 12.1 Å². The van der Waals surface area contributed by atoms with E-state index in [1.807, 2.05) is 0 Å².